The van der Waals surface area contributed by atoms with Gasteiger partial charge in [0, 0.05) is 12.1 Å². The second kappa shape index (κ2) is 3.36. The second-order valence-electron chi connectivity index (χ2n) is 1.71. The Morgan fingerprint density at radius 3 is 2.62 bits per heavy atom. The third kappa shape index (κ3) is 3.53. The van der Waals surface area contributed by atoms with Gasteiger partial charge >= 0.3 is 0 Å². The summed E-state index contributed by atoms with van der Waals surface area (Å²) in [5.74, 6) is 0. The molecule has 2 heteroatoms. The molecule has 8 heavy (non-hydrogen) atoms. The fourth-order valence-electron chi connectivity index (χ4n) is 0.386. The van der Waals surface area contributed by atoms with Gasteiger partial charge in [-0.25, -0.2) is 4.39 Å². The highest BCUT2D eigenvalue weighted by molar-refractivity contribution is 5.91. The number of allylic oxidation sites excluding steroid dienone is 1. The lowest BCUT2D eigenvalue weighted by molar-refractivity contribution is 0.372. The van der Waals surface area contributed by atoms with Crippen LogP contribution in [0.25, 0.3) is 0 Å². The van der Waals surface area contributed by atoms with Crippen molar-refractivity contribution < 1.29 is 4.39 Å². The number of rotatable bonds is 3. The predicted molar refractivity (Wildman–Crippen MR) is 33.1 cm³/mol. The molecule has 1 atom stereocenters. The van der Waals surface area contributed by atoms with Gasteiger partial charge in [0.1, 0.15) is 6.17 Å². The summed E-state index contributed by atoms with van der Waals surface area (Å²) in [5.41, 5.74) is 0.264. The zero-order valence-electron chi connectivity index (χ0n) is 4.95. The molecule has 0 aromatic rings. The van der Waals surface area contributed by atoms with Gasteiger partial charge in [-0.2, -0.15) is 0 Å². The largest absolute Gasteiger partial charge is 0.305 e. The van der Waals surface area contributed by atoms with Crippen LogP contribution in [-0.4, -0.2) is 11.9 Å². The summed E-state index contributed by atoms with van der Waals surface area (Å²) >= 11 is 0. The van der Waals surface area contributed by atoms with Crippen LogP contribution in [0.4, 0.5) is 4.39 Å². The average Bonchev–Trinajstić information content (AvgIpc) is 1.65. The second-order valence-corrected chi connectivity index (χ2v) is 1.71. The number of hydrogen-bond donors (Lipinski definition) is 1. The molecule has 0 saturated carbocycles. The lowest BCUT2D eigenvalue weighted by Gasteiger charge is -1.96. The van der Waals surface area contributed by atoms with Crippen LogP contribution in [0, 0.1) is 5.41 Å². The van der Waals surface area contributed by atoms with Crippen LogP contribution in [0.1, 0.15) is 13.3 Å². The molecule has 0 heterocycles. The maximum Gasteiger partial charge on any atom is 0.103 e. The van der Waals surface area contributed by atoms with Crippen molar-refractivity contribution in [2.45, 2.75) is 19.5 Å². The van der Waals surface area contributed by atoms with E-state index in [-0.39, 0.29) is 12.1 Å². The SMILES string of the molecule is C=CC(=N)CC(C)F. The van der Waals surface area contributed by atoms with Crippen LogP contribution in [0.2, 0.25) is 0 Å². The minimum absolute atomic E-state index is 0.184. The highest BCUT2D eigenvalue weighted by Crippen LogP contribution is 1.96. The Labute approximate surface area is 48.7 Å². The molecule has 0 aromatic heterocycles. The topological polar surface area (TPSA) is 23.9 Å². The van der Waals surface area contributed by atoms with Crippen molar-refractivity contribution >= 4 is 5.71 Å². The molecule has 0 aliphatic heterocycles. The number of hydrogen-bond acceptors (Lipinski definition) is 1. The first kappa shape index (κ1) is 7.34. The first-order chi connectivity index (χ1) is 3.66. The van der Waals surface area contributed by atoms with Crippen LogP contribution in [0.5, 0.6) is 0 Å². The highest BCUT2D eigenvalue weighted by atomic mass is 19.1. The van der Waals surface area contributed by atoms with E-state index in [2.05, 4.69) is 6.58 Å². The molecule has 0 amide bonds. The van der Waals surface area contributed by atoms with Gasteiger partial charge in [-0.3, -0.25) is 0 Å². The fraction of sp³-hybridized carbons (Fsp3) is 0.500. The van der Waals surface area contributed by atoms with Gasteiger partial charge in [0.05, 0.1) is 0 Å². The van der Waals surface area contributed by atoms with Crippen LogP contribution in [0.3, 0.4) is 0 Å². The smallest absolute Gasteiger partial charge is 0.103 e. The number of halogens is 1. The van der Waals surface area contributed by atoms with Crippen molar-refractivity contribution in [1.82, 2.24) is 0 Å². The zero-order valence-corrected chi connectivity index (χ0v) is 4.95. The normalized spacial score (nSPS) is 12.8. The maximum absolute atomic E-state index is 12.0. The summed E-state index contributed by atoms with van der Waals surface area (Å²) in [6.45, 7) is 4.75. The molecule has 0 fully saturated rings. The van der Waals surface area contributed by atoms with Crippen molar-refractivity contribution in [2.24, 2.45) is 0 Å². The van der Waals surface area contributed by atoms with Crippen LogP contribution < -0.4 is 0 Å². The maximum atomic E-state index is 12.0. The summed E-state index contributed by atoms with van der Waals surface area (Å²) in [6.07, 6.45) is 0.625. The van der Waals surface area contributed by atoms with E-state index in [1.807, 2.05) is 0 Å². The van der Waals surface area contributed by atoms with Gasteiger partial charge in [-0.05, 0) is 13.0 Å². The Morgan fingerprint density at radius 2 is 2.50 bits per heavy atom. The molecule has 1 nitrogen and oxygen atoms in total. The zero-order chi connectivity index (χ0) is 6.57. The van der Waals surface area contributed by atoms with Crippen LogP contribution in [-0.2, 0) is 0 Å². The number of alkyl halides is 1. The average molecular weight is 115 g/mol. The Morgan fingerprint density at radius 1 is 2.00 bits per heavy atom. The van der Waals surface area contributed by atoms with E-state index < -0.39 is 6.17 Å². The molecule has 1 unspecified atom stereocenters. The quantitative estimate of drug-likeness (QED) is 0.543. The van der Waals surface area contributed by atoms with Gasteiger partial charge in [0.2, 0.25) is 0 Å². The molecule has 1 N–H and O–H groups in total. The molecular weight excluding hydrogens is 105 g/mol. The molecule has 46 valence electrons. The van der Waals surface area contributed by atoms with Gasteiger partial charge in [-0.1, -0.05) is 6.58 Å². The minimum atomic E-state index is -0.916. The molecule has 0 saturated heterocycles. The third-order valence-corrected chi connectivity index (χ3v) is 0.748. The van der Waals surface area contributed by atoms with E-state index in [0.29, 0.717) is 0 Å². The summed E-state index contributed by atoms with van der Waals surface area (Å²) in [7, 11) is 0. The molecule has 0 rings (SSSR count). The van der Waals surface area contributed by atoms with Gasteiger partial charge in [-0.15, -0.1) is 0 Å². The van der Waals surface area contributed by atoms with Gasteiger partial charge < -0.3 is 5.41 Å². The highest BCUT2D eigenvalue weighted by Gasteiger charge is 1.98. The number of nitrogens with one attached hydrogen (secondary N) is 1. The lowest BCUT2D eigenvalue weighted by Crippen LogP contribution is -2.00. The first-order valence-electron chi connectivity index (χ1n) is 2.50. The van der Waals surface area contributed by atoms with Crippen molar-refractivity contribution in [3.05, 3.63) is 12.7 Å². The molecule has 0 bridgehead atoms. The van der Waals surface area contributed by atoms with E-state index in [1.54, 1.807) is 0 Å². The molecular formula is C6H10FN. The predicted octanol–water partition coefficient (Wildman–Crippen LogP) is 1.94. The van der Waals surface area contributed by atoms with E-state index >= 15 is 0 Å². The van der Waals surface area contributed by atoms with Gasteiger partial charge in [0.15, 0.2) is 0 Å². The first-order valence-corrected chi connectivity index (χ1v) is 2.50. The van der Waals surface area contributed by atoms with E-state index in [0.717, 1.165) is 0 Å². The molecule has 0 aliphatic carbocycles. The van der Waals surface area contributed by atoms with Crippen LogP contribution >= 0.6 is 0 Å². The Bertz CT molecular complexity index is 96.7. The van der Waals surface area contributed by atoms with E-state index in [4.69, 9.17) is 5.41 Å². The fourth-order valence-corrected chi connectivity index (χ4v) is 0.386. The summed E-state index contributed by atoms with van der Waals surface area (Å²) < 4.78 is 12.0. The standard InChI is InChI=1S/C6H10FN/c1-3-6(8)4-5(2)7/h3,5,8H,1,4H2,2H3. The van der Waals surface area contributed by atoms with Crippen molar-refractivity contribution in [2.75, 3.05) is 0 Å². The van der Waals surface area contributed by atoms with Crippen molar-refractivity contribution in [1.29, 1.82) is 5.41 Å². The Balaban J connectivity index is 3.39. The molecule has 0 aliphatic rings. The third-order valence-electron chi connectivity index (χ3n) is 0.748. The molecule has 0 spiro atoms. The van der Waals surface area contributed by atoms with Crippen molar-refractivity contribution in [3.63, 3.8) is 0 Å². The molecule has 0 aromatic carbocycles. The molecule has 0 radical (unpaired) electrons. The van der Waals surface area contributed by atoms with E-state index in [1.165, 1.54) is 13.0 Å². The summed E-state index contributed by atoms with van der Waals surface area (Å²) in [5, 5.41) is 6.91. The lowest BCUT2D eigenvalue weighted by atomic mass is 10.2. The van der Waals surface area contributed by atoms with Gasteiger partial charge in [0.25, 0.3) is 0 Å². The summed E-state index contributed by atoms with van der Waals surface area (Å²) in [6, 6.07) is 0. The minimum Gasteiger partial charge on any atom is -0.305 e. The Kier molecular flexibility index (Phi) is 3.08. The van der Waals surface area contributed by atoms with Crippen LogP contribution in [0.15, 0.2) is 12.7 Å². The summed E-state index contributed by atoms with van der Waals surface area (Å²) in [4.78, 5) is 0. The van der Waals surface area contributed by atoms with E-state index in [9.17, 15) is 4.39 Å². The van der Waals surface area contributed by atoms with Crippen molar-refractivity contribution in [3.8, 4) is 0 Å². The Hall–Kier alpha value is -0.660. The monoisotopic (exact) mass is 115 g/mol.